The van der Waals surface area contributed by atoms with Gasteiger partial charge in [-0.3, -0.25) is 14.6 Å². The zero-order valence-electron chi connectivity index (χ0n) is 26.8. The van der Waals surface area contributed by atoms with Crippen molar-refractivity contribution in [2.24, 2.45) is 0 Å². The van der Waals surface area contributed by atoms with Gasteiger partial charge in [0, 0.05) is 51.4 Å². The number of piperazine rings is 1. The fourth-order valence-electron chi connectivity index (χ4n) is 6.79. The summed E-state index contributed by atoms with van der Waals surface area (Å²) in [4.78, 5) is 27.8. The molecule has 244 valence electrons. The van der Waals surface area contributed by atoms with Crippen molar-refractivity contribution in [2.75, 3.05) is 46.4 Å². The van der Waals surface area contributed by atoms with Gasteiger partial charge in [0.15, 0.2) is 0 Å². The molecule has 0 spiro atoms. The highest BCUT2D eigenvalue weighted by Gasteiger charge is 2.42. The SMILES string of the molecule is COC[C@@H](c1ccc(C(F)(F)F)cc1)N1CCN(C2(C)CCN(C(=O)c3c(C)nn(OCc4ccccc4)c3C)CC2)CC1C. The van der Waals surface area contributed by atoms with Gasteiger partial charge in [0.25, 0.3) is 5.91 Å². The molecule has 1 aromatic heterocycles. The first-order valence-corrected chi connectivity index (χ1v) is 15.6. The molecule has 5 rings (SSSR count). The Morgan fingerprint density at radius 2 is 1.69 bits per heavy atom. The van der Waals surface area contributed by atoms with E-state index >= 15 is 0 Å². The number of hydrogen-bond acceptors (Lipinski definition) is 6. The maximum atomic E-state index is 13.7. The number of piperidine rings is 1. The molecule has 0 N–H and O–H groups in total. The summed E-state index contributed by atoms with van der Waals surface area (Å²) in [5, 5.41) is 4.50. The third-order valence-corrected chi connectivity index (χ3v) is 9.58. The van der Waals surface area contributed by atoms with Crippen molar-refractivity contribution < 1.29 is 27.5 Å². The van der Waals surface area contributed by atoms with Crippen LogP contribution in [0.3, 0.4) is 0 Å². The van der Waals surface area contributed by atoms with E-state index in [1.807, 2.05) is 49.1 Å². The Bertz CT molecular complexity index is 1440. The first-order valence-electron chi connectivity index (χ1n) is 15.6. The summed E-state index contributed by atoms with van der Waals surface area (Å²) in [6, 6.07) is 15.3. The van der Waals surface area contributed by atoms with E-state index in [1.165, 1.54) is 4.85 Å². The Hall–Kier alpha value is -3.41. The lowest BCUT2D eigenvalue weighted by Crippen LogP contribution is -2.62. The van der Waals surface area contributed by atoms with E-state index in [1.54, 1.807) is 19.2 Å². The van der Waals surface area contributed by atoms with Crippen molar-refractivity contribution in [1.82, 2.24) is 24.6 Å². The first kappa shape index (κ1) is 33.0. The molecule has 11 heteroatoms. The molecule has 3 heterocycles. The smallest absolute Gasteiger partial charge is 0.392 e. The van der Waals surface area contributed by atoms with Gasteiger partial charge < -0.3 is 14.5 Å². The van der Waals surface area contributed by atoms with E-state index in [2.05, 4.69) is 28.7 Å². The Kier molecular flexibility index (Phi) is 9.91. The lowest BCUT2D eigenvalue weighted by Gasteiger charge is -2.52. The van der Waals surface area contributed by atoms with Crippen LogP contribution in [0.15, 0.2) is 54.6 Å². The van der Waals surface area contributed by atoms with Gasteiger partial charge in [-0.2, -0.15) is 13.2 Å². The van der Waals surface area contributed by atoms with E-state index in [9.17, 15) is 18.0 Å². The fourth-order valence-corrected chi connectivity index (χ4v) is 6.79. The van der Waals surface area contributed by atoms with Gasteiger partial charge in [-0.1, -0.05) is 42.5 Å². The summed E-state index contributed by atoms with van der Waals surface area (Å²) in [6.07, 6.45) is -2.66. The highest BCUT2D eigenvalue weighted by Crippen LogP contribution is 2.35. The summed E-state index contributed by atoms with van der Waals surface area (Å²) >= 11 is 0. The first-order chi connectivity index (χ1) is 21.4. The highest BCUT2D eigenvalue weighted by atomic mass is 19.4. The van der Waals surface area contributed by atoms with Crippen LogP contribution >= 0.6 is 0 Å². The second-order valence-corrected chi connectivity index (χ2v) is 12.6. The Morgan fingerprint density at radius 1 is 1.02 bits per heavy atom. The molecule has 3 aromatic rings. The lowest BCUT2D eigenvalue weighted by molar-refractivity contribution is -0.137. The Morgan fingerprint density at radius 3 is 2.29 bits per heavy atom. The summed E-state index contributed by atoms with van der Waals surface area (Å²) in [5.74, 6) is -0.0150. The van der Waals surface area contributed by atoms with Gasteiger partial charge in [-0.05, 0) is 63.8 Å². The molecule has 8 nitrogen and oxygen atoms in total. The van der Waals surface area contributed by atoms with Crippen LogP contribution in [0, 0.1) is 13.8 Å². The molecule has 1 unspecified atom stereocenters. The average molecular weight is 628 g/mol. The molecular weight excluding hydrogens is 583 g/mol. The average Bonchev–Trinajstić information content (AvgIpc) is 3.31. The van der Waals surface area contributed by atoms with E-state index < -0.39 is 11.7 Å². The summed E-state index contributed by atoms with van der Waals surface area (Å²) < 4.78 is 44.9. The molecule has 2 aliphatic rings. The molecule has 1 amide bonds. The van der Waals surface area contributed by atoms with Crippen molar-refractivity contribution in [3.8, 4) is 0 Å². The van der Waals surface area contributed by atoms with Gasteiger partial charge >= 0.3 is 6.18 Å². The van der Waals surface area contributed by atoms with Crippen molar-refractivity contribution >= 4 is 5.91 Å². The summed E-state index contributed by atoms with van der Waals surface area (Å²) in [6.45, 7) is 12.7. The normalized spacial score (nSPS) is 20.3. The number of amides is 1. The molecule has 0 saturated carbocycles. The summed E-state index contributed by atoms with van der Waals surface area (Å²) in [7, 11) is 1.62. The summed E-state index contributed by atoms with van der Waals surface area (Å²) in [5.41, 5.74) is 3.09. The predicted octanol–water partition coefficient (Wildman–Crippen LogP) is 5.54. The maximum Gasteiger partial charge on any atom is 0.416 e. The molecule has 2 atom stereocenters. The lowest BCUT2D eigenvalue weighted by atomic mass is 9.86. The van der Waals surface area contributed by atoms with Gasteiger partial charge in [0.05, 0.1) is 35.2 Å². The number of nitrogens with zero attached hydrogens (tertiary/aromatic N) is 5. The number of benzene rings is 2. The van der Waals surface area contributed by atoms with Gasteiger partial charge in [-0.25, -0.2) is 0 Å². The number of aryl methyl sites for hydroxylation is 1. The van der Waals surface area contributed by atoms with Crippen LogP contribution in [-0.2, 0) is 17.5 Å². The molecule has 2 fully saturated rings. The number of hydrogen-bond donors (Lipinski definition) is 0. The molecule has 0 radical (unpaired) electrons. The number of likely N-dealkylation sites (tertiary alicyclic amines) is 1. The van der Waals surface area contributed by atoms with Crippen LogP contribution in [0.25, 0.3) is 0 Å². The van der Waals surface area contributed by atoms with Crippen LogP contribution in [0.4, 0.5) is 13.2 Å². The molecule has 0 aliphatic carbocycles. The molecule has 2 aromatic carbocycles. The monoisotopic (exact) mass is 627 g/mol. The highest BCUT2D eigenvalue weighted by molar-refractivity contribution is 5.96. The molecule has 45 heavy (non-hydrogen) atoms. The third-order valence-electron chi connectivity index (χ3n) is 9.58. The van der Waals surface area contributed by atoms with Crippen molar-refractivity contribution in [2.45, 2.75) is 70.9 Å². The standard InChI is InChI=1S/C34H44F3N5O3/c1-24-21-40(19-20-41(24)30(23-44-5)28-11-13-29(14-12-28)34(35,36)37)33(4)15-17-39(18-16-33)32(43)31-25(2)38-42(26(31)3)45-22-27-9-7-6-8-10-27/h6-14,24,30H,15-23H2,1-5H3/t24?,30-/m0/s1. The van der Waals surface area contributed by atoms with E-state index in [0.717, 1.165) is 55.7 Å². The molecule has 2 aliphatic heterocycles. The van der Waals surface area contributed by atoms with Crippen molar-refractivity contribution in [3.05, 3.63) is 88.2 Å². The fraction of sp³-hybridized carbons (Fsp3) is 0.529. The number of carbonyl (C=O) groups is 1. The van der Waals surface area contributed by atoms with Gasteiger partial charge in [0.1, 0.15) is 6.61 Å². The van der Waals surface area contributed by atoms with Gasteiger partial charge in [-0.15, -0.1) is 9.94 Å². The van der Waals surface area contributed by atoms with Crippen LogP contribution in [-0.4, -0.2) is 88.6 Å². The van der Waals surface area contributed by atoms with Gasteiger partial charge in [0.2, 0.25) is 0 Å². The Balaban J connectivity index is 1.19. The van der Waals surface area contributed by atoms with Crippen LogP contribution in [0.1, 0.15) is 71.2 Å². The van der Waals surface area contributed by atoms with Crippen molar-refractivity contribution in [1.29, 1.82) is 0 Å². The molecule has 0 bridgehead atoms. The quantitative estimate of drug-likeness (QED) is 0.311. The van der Waals surface area contributed by atoms with Crippen molar-refractivity contribution in [3.63, 3.8) is 0 Å². The van der Waals surface area contributed by atoms with Crippen LogP contribution < -0.4 is 4.84 Å². The second-order valence-electron chi connectivity index (χ2n) is 12.6. The zero-order chi connectivity index (χ0) is 32.4. The minimum atomic E-state index is -4.36. The zero-order valence-corrected chi connectivity index (χ0v) is 26.8. The van der Waals surface area contributed by atoms with E-state index in [4.69, 9.17) is 9.57 Å². The molecule has 2 saturated heterocycles. The molecular formula is C34H44F3N5O3. The van der Waals surface area contributed by atoms with E-state index in [-0.39, 0.29) is 23.5 Å². The number of aromatic nitrogens is 2. The topological polar surface area (TPSA) is 63.1 Å². The largest absolute Gasteiger partial charge is 0.416 e. The number of alkyl halides is 3. The minimum absolute atomic E-state index is 0.0150. The predicted molar refractivity (Wildman–Crippen MR) is 166 cm³/mol. The minimum Gasteiger partial charge on any atom is -0.392 e. The van der Waals surface area contributed by atoms with E-state index in [0.29, 0.717) is 43.3 Å². The number of carbonyl (C=O) groups excluding carboxylic acids is 1. The number of halogens is 3. The third kappa shape index (κ3) is 7.21. The number of ether oxygens (including phenoxy) is 1. The number of rotatable bonds is 9. The van der Waals surface area contributed by atoms with Crippen LogP contribution in [0.2, 0.25) is 0 Å². The Labute approximate surface area is 263 Å². The second kappa shape index (κ2) is 13.5. The number of methoxy groups -OCH3 is 1. The maximum absolute atomic E-state index is 13.7. The van der Waals surface area contributed by atoms with Crippen LogP contribution in [0.5, 0.6) is 0 Å².